The number of hydrogen-bond donors (Lipinski definition) is 3. The van der Waals surface area contributed by atoms with Gasteiger partial charge in [-0.25, -0.2) is 0 Å². The molecule has 0 aliphatic rings. The molecule has 6 heteroatoms. The molecule has 0 radical (unpaired) electrons. The topological polar surface area (TPSA) is 96.9 Å². The number of nitrogens with zero attached hydrogens (tertiary/aromatic N) is 1. The van der Waals surface area contributed by atoms with Gasteiger partial charge in [-0.15, -0.1) is 0 Å². The average molecular weight is 279 g/mol. The number of nitrogens with one attached hydrogen (secondary N) is 1. The van der Waals surface area contributed by atoms with E-state index in [-0.39, 0.29) is 18.2 Å². The first kappa shape index (κ1) is 15.8. The molecule has 1 aromatic rings. The summed E-state index contributed by atoms with van der Waals surface area (Å²) < 4.78 is 5.43. The first-order chi connectivity index (χ1) is 9.45. The molecule has 0 bridgehead atoms. The predicted molar refractivity (Wildman–Crippen MR) is 76.8 cm³/mol. The number of para-hydroxylation sites is 1. The van der Waals surface area contributed by atoms with Crippen LogP contribution in [-0.2, 0) is 4.79 Å². The summed E-state index contributed by atoms with van der Waals surface area (Å²) >= 11 is 0. The highest BCUT2D eigenvalue weighted by Gasteiger charge is 2.24. The molecule has 4 N–H and O–H groups in total. The van der Waals surface area contributed by atoms with E-state index in [0.717, 1.165) is 5.75 Å². The molecule has 0 aliphatic heterocycles. The number of amidine groups is 1. The Labute approximate surface area is 118 Å². The van der Waals surface area contributed by atoms with Gasteiger partial charge in [0.15, 0.2) is 0 Å². The zero-order valence-electron chi connectivity index (χ0n) is 11.8. The van der Waals surface area contributed by atoms with Crippen LogP contribution in [0.1, 0.15) is 20.3 Å². The zero-order chi connectivity index (χ0) is 15.0. The van der Waals surface area contributed by atoms with Crippen molar-refractivity contribution in [3.8, 4) is 5.75 Å². The Hall–Kier alpha value is -2.24. The van der Waals surface area contributed by atoms with Crippen molar-refractivity contribution < 1.29 is 14.7 Å². The minimum atomic E-state index is -0.593. The van der Waals surface area contributed by atoms with Gasteiger partial charge in [0.25, 0.3) is 0 Å². The summed E-state index contributed by atoms with van der Waals surface area (Å²) in [5, 5.41) is 14.3. The second kappa shape index (κ2) is 7.37. The molecule has 0 saturated heterocycles. The van der Waals surface area contributed by atoms with Crippen LogP contribution < -0.4 is 15.8 Å². The standard InChI is InChI=1S/C14H21N3O3/c1-14(2,13(15)17-19)10-16-12(18)8-9-20-11-6-4-3-5-7-11/h3-7,19H,8-10H2,1-2H3,(H2,15,17)(H,16,18). The molecule has 0 fully saturated rings. The van der Waals surface area contributed by atoms with E-state index in [0.29, 0.717) is 13.2 Å². The van der Waals surface area contributed by atoms with Gasteiger partial charge in [0.2, 0.25) is 5.91 Å². The van der Waals surface area contributed by atoms with Crippen LogP contribution in [0.2, 0.25) is 0 Å². The van der Waals surface area contributed by atoms with E-state index >= 15 is 0 Å². The molecule has 0 unspecified atom stereocenters. The van der Waals surface area contributed by atoms with E-state index in [1.54, 1.807) is 13.8 Å². The van der Waals surface area contributed by atoms with Crippen LogP contribution in [0, 0.1) is 5.41 Å². The average Bonchev–Trinajstić information content (AvgIpc) is 2.45. The summed E-state index contributed by atoms with van der Waals surface area (Å²) in [6.07, 6.45) is 0.251. The lowest BCUT2D eigenvalue weighted by Crippen LogP contribution is -2.42. The summed E-state index contributed by atoms with van der Waals surface area (Å²) in [6.45, 7) is 4.17. The maximum Gasteiger partial charge on any atom is 0.223 e. The Morgan fingerprint density at radius 2 is 2.05 bits per heavy atom. The minimum Gasteiger partial charge on any atom is -0.493 e. The van der Waals surface area contributed by atoms with E-state index < -0.39 is 5.41 Å². The quantitative estimate of drug-likeness (QED) is 0.304. The number of rotatable bonds is 7. The van der Waals surface area contributed by atoms with Gasteiger partial charge in [-0.05, 0) is 12.1 Å². The van der Waals surface area contributed by atoms with Crippen molar-refractivity contribution >= 4 is 11.7 Å². The fourth-order valence-electron chi connectivity index (χ4n) is 1.41. The Morgan fingerprint density at radius 1 is 1.40 bits per heavy atom. The van der Waals surface area contributed by atoms with Crippen LogP contribution in [0.15, 0.2) is 35.5 Å². The summed E-state index contributed by atoms with van der Waals surface area (Å²) in [5.41, 5.74) is 4.94. The molecule has 0 heterocycles. The molecule has 1 amide bonds. The highest BCUT2D eigenvalue weighted by atomic mass is 16.5. The monoisotopic (exact) mass is 279 g/mol. The van der Waals surface area contributed by atoms with Gasteiger partial charge in [0.1, 0.15) is 11.6 Å². The third-order valence-electron chi connectivity index (χ3n) is 2.87. The summed E-state index contributed by atoms with van der Waals surface area (Å²) in [4.78, 5) is 11.7. The number of carbonyl (C=O) groups excluding carboxylic acids is 1. The van der Waals surface area contributed by atoms with Gasteiger partial charge < -0.3 is 21.0 Å². The van der Waals surface area contributed by atoms with Crippen molar-refractivity contribution in [1.29, 1.82) is 0 Å². The lowest BCUT2D eigenvalue weighted by atomic mass is 9.92. The van der Waals surface area contributed by atoms with Gasteiger partial charge in [-0.2, -0.15) is 0 Å². The van der Waals surface area contributed by atoms with E-state index in [9.17, 15) is 4.79 Å². The van der Waals surface area contributed by atoms with Crippen LogP contribution in [0.4, 0.5) is 0 Å². The summed E-state index contributed by atoms with van der Waals surface area (Å²) in [6, 6.07) is 9.30. The first-order valence-corrected chi connectivity index (χ1v) is 6.38. The van der Waals surface area contributed by atoms with E-state index in [4.69, 9.17) is 15.7 Å². The molecule has 0 aliphatic carbocycles. The van der Waals surface area contributed by atoms with Crippen molar-refractivity contribution in [2.24, 2.45) is 16.3 Å². The molecule has 1 rings (SSSR count). The smallest absolute Gasteiger partial charge is 0.223 e. The number of oxime groups is 1. The van der Waals surface area contributed by atoms with Gasteiger partial charge in [-0.3, -0.25) is 4.79 Å². The molecule has 1 aromatic carbocycles. The maximum atomic E-state index is 11.7. The summed E-state index contributed by atoms with van der Waals surface area (Å²) in [7, 11) is 0. The number of amides is 1. The third kappa shape index (κ3) is 5.17. The Kier molecular flexibility index (Phi) is 5.83. The van der Waals surface area contributed by atoms with Crippen LogP contribution in [-0.4, -0.2) is 30.1 Å². The lowest BCUT2D eigenvalue weighted by Gasteiger charge is -2.23. The second-order valence-electron chi connectivity index (χ2n) is 5.06. The van der Waals surface area contributed by atoms with Crippen molar-refractivity contribution in [1.82, 2.24) is 5.32 Å². The molecule has 0 aromatic heterocycles. The SMILES string of the molecule is CC(C)(CNC(=O)CCOc1ccccc1)/C(N)=N/O. The lowest BCUT2D eigenvalue weighted by molar-refractivity contribution is -0.121. The highest BCUT2D eigenvalue weighted by Crippen LogP contribution is 2.13. The number of ether oxygens (including phenoxy) is 1. The van der Waals surface area contributed by atoms with Crippen molar-refractivity contribution in [2.75, 3.05) is 13.2 Å². The fourth-order valence-corrected chi connectivity index (χ4v) is 1.41. The Morgan fingerprint density at radius 3 is 2.65 bits per heavy atom. The number of nitrogens with two attached hydrogens (primary N) is 1. The predicted octanol–water partition coefficient (Wildman–Crippen LogP) is 1.34. The number of hydrogen-bond acceptors (Lipinski definition) is 4. The van der Waals surface area contributed by atoms with Gasteiger partial charge >= 0.3 is 0 Å². The van der Waals surface area contributed by atoms with Crippen molar-refractivity contribution in [3.63, 3.8) is 0 Å². The minimum absolute atomic E-state index is 0.0818. The number of carbonyl (C=O) groups is 1. The van der Waals surface area contributed by atoms with Crippen molar-refractivity contribution in [2.45, 2.75) is 20.3 Å². The van der Waals surface area contributed by atoms with Crippen LogP contribution in [0.25, 0.3) is 0 Å². The summed E-state index contributed by atoms with van der Waals surface area (Å²) in [5.74, 6) is 0.676. The van der Waals surface area contributed by atoms with E-state index in [1.165, 1.54) is 0 Å². The highest BCUT2D eigenvalue weighted by molar-refractivity contribution is 5.86. The molecule has 0 spiro atoms. The maximum absolute atomic E-state index is 11.7. The normalized spacial score (nSPS) is 12.0. The van der Waals surface area contributed by atoms with Crippen molar-refractivity contribution in [3.05, 3.63) is 30.3 Å². The molecule has 110 valence electrons. The van der Waals surface area contributed by atoms with E-state index in [2.05, 4.69) is 10.5 Å². The van der Waals surface area contributed by atoms with Gasteiger partial charge in [-0.1, -0.05) is 37.2 Å². The van der Waals surface area contributed by atoms with Gasteiger partial charge in [0, 0.05) is 12.0 Å². The number of benzene rings is 1. The fraction of sp³-hybridized carbons (Fsp3) is 0.429. The largest absolute Gasteiger partial charge is 0.493 e. The molecule has 0 saturated carbocycles. The van der Waals surface area contributed by atoms with Crippen LogP contribution in [0.3, 0.4) is 0 Å². The molecule has 6 nitrogen and oxygen atoms in total. The Bertz CT molecular complexity index is 458. The molecule has 0 atom stereocenters. The first-order valence-electron chi connectivity index (χ1n) is 6.38. The third-order valence-corrected chi connectivity index (χ3v) is 2.87. The van der Waals surface area contributed by atoms with Gasteiger partial charge in [0.05, 0.1) is 13.0 Å². The second-order valence-corrected chi connectivity index (χ2v) is 5.06. The molecule has 20 heavy (non-hydrogen) atoms. The molecular weight excluding hydrogens is 258 g/mol. The molecular formula is C14H21N3O3. The van der Waals surface area contributed by atoms with Crippen LogP contribution in [0.5, 0.6) is 5.75 Å². The van der Waals surface area contributed by atoms with E-state index in [1.807, 2.05) is 30.3 Å². The zero-order valence-corrected chi connectivity index (χ0v) is 11.8. The Balaban J connectivity index is 2.27. The van der Waals surface area contributed by atoms with Crippen LogP contribution >= 0.6 is 0 Å².